The van der Waals surface area contributed by atoms with Gasteiger partial charge >= 0.3 is 6.03 Å². The van der Waals surface area contributed by atoms with Crippen molar-refractivity contribution in [3.05, 3.63) is 53.6 Å². The lowest BCUT2D eigenvalue weighted by molar-refractivity contribution is 0.213. The molecule has 1 aliphatic rings. The van der Waals surface area contributed by atoms with Crippen LogP contribution in [0.5, 0.6) is 11.5 Å². The second-order valence-electron chi connectivity index (χ2n) is 6.73. The maximum Gasteiger partial charge on any atom is 0.323 e. The molecule has 1 saturated heterocycles. The van der Waals surface area contributed by atoms with Crippen molar-refractivity contribution in [2.24, 2.45) is 0 Å². The Labute approximate surface area is 165 Å². The molecule has 1 heterocycles. The molecule has 0 bridgehead atoms. The highest BCUT2D eigenvalue weighted by molar-refractivity contribution is 7.99. The Balaban J connectivity index is 1.76. The predicted octanol–water partition coefficient (Wildman–Crippen LogP) is 5.11. The number of hydrogen-bond donors (Lipinski definition) is 1. The number of rotatable bonds is 5. The van der Waals surface area contributed by atoms with Gasteiger partial charge in [0.2, 0.25) is 0 Å². The average Bonchev–Trinajstić information content (AvgIpc) is 3.17. The van der Waals surface area contributed by atoms with Crippen molar-refractivity contribution in [1.82, 2.24) is 4.90 Å². The molecule has 0 saturated carbocycles. The van der Waals surface area contributed by atoms with Crippen LogP contribution < -0.4 is 14.8 Å². The minimum absolute atomic E-state index is 0.0826. The Bertz CT molecular complexity index is 793. The molecule has 27 heavy (non-hydrogen) atoms. The Morgan fingerprint density at radius 2 is 1.89 bits per heavy atom. The molecule has 1 N–H and O–H groups in total. The first-order valence-corrected chi connectivity index (χ1v) is 10.1. The number of hydrogen-bond acceptors (Lipinski definition) is 4. The van der Waals surface area contributed by atoms with Gasteiger partial charge in [0.05, 0.1) is 14.2 Å². The first kappa shape index (κ1) is 19.4. The van der Waals surface area contributed by atoms with Gasteiger partial charge < -0.3 is 19.7 Å². The highest BCUT2D eigenvalue weighted by atomic mass is 32.2. The van der Waals surface area contributed by atoms with E-state index in [1.165, 1.54) is 5.56 Å². The molecule has 1 atom stereocenters. The van der Waals surface area contributed by atoms with E-state index in [9.17, 15) is 4.79 Å². The molecule has 0 aliphatic carbocycles. The molecule has 6 heteroatoms. The van der Waals surface area contributed by atoms with E-state index in [2.05, 4.69) is 31.3 Å². The van der Waals surface area contributed by atoms with Gasteiger partial charge in [-0.3, -0.25) is 0 Å². The van der Waals surface area contributed by atoms with Gasteiger partial charge in [0.25, 0.3) is 0 Å². The quantitative estimate of drug-likeness (QED) is 0.776. The number of carbonyl (C=O) groups excluding carboxylic acids is 1. The molecule has 0 aromatic heterocycles. The lowest BCUT2D eigenvalue weighted by atomic mass is 10.0. The van der Waals surface area contributed by atoms with Crippen LogP contribution in [0.25, 0.3) is 0 Å². The zero-order chi connectivity index (χ0) is 19.4. The lowest BCUT2D eigenvalue weighted by Gasteiger charge is -2.26. The summed E-state index contributed by atoms with van der Waals surface area (Å²) in [4.78, 5) is 14.7. The van der Waals surface area contributed by atoms with Crippen molar-refractivity contribution < 1.29 is 14.3 Å². The fourth-order valence-electron chi connectivity index (χ4n) is 3.10. The topological polar surface area (TPSA) is 50.8 Å². The van der Waals surface area contributed by atoms with Gasteiger partial charge in [-0.2, -0.15) is 0 Å². The van der Waals surface area contributed by atoms with E-state index in [0.29, 0.717) is 12.5 Å². The van der Waals surface area contributed by atoms with Gasteiger partial charge in [-0.15, -0.1) is 11.8 Å². The molecule has 5 nitrogen and oxygen atoms in total. The van der Waals surface area contributed by atoms with Crippen LogP contribution in [0.1, 0.15) is 36.3 Å². The number of amides is 2. The van der Waals surface area contributed by atoms with E-state index >= 15 is 0 Å². The summed E-state index contributed by atoms with van der Waals surface area (Å²) < 4.78 is 10.8. The van der Waals surface area contributed by atoms with Crippen LogP contribution in [-0.2, 0) is 0 Å². The van der Waals surface area contributed by atoms with Gasteiger partial charge in [0.15, 0.2) is 0 Å². The van der Waals surface area contributed by atoms with Crippen molar-refractivity contribution in [3.63, 3.8) is 0 Å². The molecule has 0 radical (unpaired) electrons. The number of urea groups is 1. The van der Waals surface area contributed by atoms with E-state index in [1.807, 2.05) is 35.2 Å². The fraction of sp³-hybridized carbons (Fsp3) is 0.381. The van der Waals surface area contributed by atoms with Crippen LogP contribution in [0.3, 0.4) is 0 Å². The minimum Gasteiger partial charge on any atom is -0.497 e. The summed E-state index contributed by atoms with van der Waals surface area (Å²) >= 11 is 1.74. The maximum absolute atomic E-state index is 12.9. The van der Waals surface area contributed by atoms with Gasteiger partial charge in [-0.05, 0) is 35.7 Å². The summed E-state index contributed by atoms with van der Waals surface area (Å²) in [5, 5.41) is 2.94. The number of methoxy groups -OCH3 is 2. The second kappa shape index (κ2) is 8.57. The van der Waals surface area contributed by atoms with Crippen molar-refractivity contribution in [3.8, 4) is 11.5 Å². The van der Waals surface area contributed by atoms with Gasteiger partial charge in [0.1, 0.15) is 16.9 Å². The Kier molecular flexibility index (Phi) is 6.16. The second-order valence-corrected chi connectivity index (χ2v) is 7.92. The number of thioether (sulfide) groups is 1. The van der Waals surface area contributed by atoms with Crippen LogP contribution in [0.4, 0.5) is 10.5 Å². The first-order chi connectivity index (χ1) is 13.0. The SMILES string of the molecule is COc1ccc([C@@H]2SCCN2C(=O)Nc2ccc(C(C)C)cc2)c(OC)c1. The highest BCUT2D eigenvalue weighted by Gasteiger charge is 2.32. The molecule has 0 spiro atoms. The van der Waals surface area contributed by atoms with Crippen LogP contribution in [0.15, 0.2) is 42.5 Å². The van der Waals surface area contributed by atoms with Gasteiger partial charge in [-0.25, -0.2) is 4.79 Å². The Morgan fingerprint density at radius 3 is 2.52 bits per heavy atom. The fourth-order valence-corrected chi connectivity index (χ4v) is 4.39. The first-order valence-electron chi connectivity index (χ1n) is 9.04. The van der Waals surface area contributed by atoms with Crippen molar-refractivity contribution in [2.75, 3.05) is 31.8 Å². The predicted molar refractivity (Wildman–Crippen MR) is 111 cm³/mol. The summed E-state index contributed by atoms with van der Waals surface area (Å²) in [6, 6.07) is 13.7. The molecular weight excluding hydrogens is 360 g/mol. The summed E-state index contributed by atoms with van der Waals surface area (Å²) in [5.41, 5.74) is 3.04. The molecule has 2 amide bonds. The third-order valence-corrected chi connectivity index (χ3v) is 5.93. The van der Waals surface area contributed by atoms with Crippen molar-refractivity contribution >= 4 is 23.5 Å². The van der Waals surface area contributed by atoms with Crippen molar-refractivity contribution in [1.29, 1.82) is 0 Å². The standard InChI is InChI=1S/C21H26N2O3S/c1-14(2)15-5-7-16(8-6-15)22-21(24)23-11-12-27-20(23)18-10-9-17(25-3)13-19(18)26-4/h5-10,13-14,20H,11-12H2,1-4H3,(H,22,24)/t20-/m0/s1. The third-order valence-electron chi connectivity index (χ3n) is 4.69. The summed E-state index contributed by atoms with van der Waals surface area (Å²) in [7, 11) is 3.27. The van der Waals surface area contributed by atoms with E-state index in [0.717, 1.165) is 28.5 Å². The highest BCUT2D eigenvalue weighted by Crippen LogP contribution is 2.43. The van der Waals surface area contributed by atoms with Gasteiger partial charge in [-0.1, -0.05) is 26.0 Å². The van der Waals surface area contributed by atoms with E-state index in [4.69, 9.17) is 9.47 Å². The van der Waals surface area contributed by atoms with E-state index in [-0.39, 0.29) is 11.4 Å². The van der Waals surface area contributed by atoms with E-state index in [1.54, 1.807) is 26.0 Å². The van der Waals surface area contributed by atoms with Crippen LogP contribution in [0.2, 0.25) is 0 Å². The largest absolute Gasteiger partial charge is 0.497 e. The zero-order valence-electron chi connectivity index (χ0n) is 16.2. The molecule has 144 valence electrons. The molecule has 3 rings (SSSR count). The summed E-state index contributed by atoms with van der Waals surface area (Å²) in [6.45, 7) is 5.00. The minimum atomic E-state index is -0.0971. The van der Waals surface area contributed by atoms with Crippen molar-refractivity contribution in [2.45, 2.75) is 25.1 Å². The molecule has 2 aromatic rings. The van der Waals surface area contributed by atoms with Crippen LogP contribution >= 0.6 is 11.8 Å². The zero-order valence-corrected chi connectivity index (χ0v) is 17.0. The van der Waals surface area contributed by atoms with E-state index < -0.39 is 0 Å². The monoisotopic (exact) mass is 386 g/mol. The lowest BCUT2D eigenvalue weighted by Crippen LogP contribution is -2.34. The third kappa shape index (κ3) is 4.33. The normalized spacial score (nSPS) is 16.5. The number of anilines is 1. The Hall–Kier alpha value is -2.34. The molecule has 2 aromatic carbocycles. The number of ether oxygens (including phenoxy) is 2. The maximum atomic E-state index is 12.9. The number of nitrogens with zero attached hydrogens (tertiary/aromatic N) is 1. The van der Waals surface area contributed by atoms with Gasteiger partial charge in [0, 0.05) is 29.6 Å². The Morgan fingerprint density at radius 1 is 1.15 bits per heavy atom. The van der Waals surface area contributed by atoms with Crippen LogP contribution in [0, 0.1) is 0 Å². The summed E-state index contributed by atoms with van der Waals surface area (Å²) in [5.74, 6) is 2.82. The molecule has 1 aliphatic heterocycles. The summed E-state index contributed by atoms with van der Waals surface area (Å²) in [6.07, 6.45) is 0. The molecule has 1 fully saturated rings. The molecular formula is C21H26N2O3S. The smallest absolute Gasteiger partial charge is 0.323 e. The number of carbonyl (C=O) groups is 1. The number of benzene rings is 2. The average molecular weight is 387 g/mol. The van der Waals surface area contributed by atoms with Crippen LogP contribution in [-0.4, -0.2) is 37.4 Å². The molecule has 0 unspecified atom stereocenters. The number of nitrogens with one attached hydrogen (secondary N) is 1.